The van der Waals surface area contributed by atoms with Gasteiger partial charge in [-0.1, -0.05) is 0 Å². The molecular weight excluding hydrogens is 204 g/mol. The van der Waals surface area contributed by atoms with Gasteiger partial charge < -0.3 is 9.47 Å². The number of hydrogen-bond donors (Lipinski definition) is 0. The van der Waals surface area contributed by atoms with E-state index in [0.717, 1.165) is 32.5 Å². The fraction of sp³-hybridized carbons (Fsp3) is 0.917. The van der Waals surface area contributed by atoms with Crippen LogP contribution in [0.3, 0.4) is 0 Å². The van der Waals surface area contributed by atoms with Crippen LogP contribution in [-0.2, 0) is 9.47 Å². The highest BCUT2D eigenvalue weighted by Gasteiger charge is 2.20. The maximum Gasteiger partial charge on any atom is 0.0977 e. The summed E-state index contributed by atoms with van der Waals surface area (Å²) in [6, 6.07) is 2.51. The first kappa shape index (κ1) is 13.4. The maximum absolute atomic E-state index is 8.99. The van der Waals surface area contributed by atoms with Gasteiger partial charge in [-0.15, -0.1) is 0 Å². The zero-order valence-corrected chi connectivity index (χ0v) is 10.2. The molecule has 1 heterocycles. The molecule has 1 aliphatic rings. The summed E-state index contributed by atoms with van der Waals surface area (Å²) in [6.45, 7) is 4.13. The minimum absolute atomic E-state index is 0.132. The normalized spacial score (nSPS) is 21.9. The molecule has 1 atom stereocenters. The molecule has 1 aliphatic heterocycles. The van der Waals surface area contributed by atoms with E-state index in [2.05, 4.69) is 11.0 Å². The molecule has 1 saturated heterocycles. The summed E-state index contributed by atoms with van der Waals surface area (Å²) in [5.41, 5.74) is 0. The number of hydrogen-bond acceptors (Lipinski definition) is 4. The molecule has 16 heavy (non-hydrogen) atoms. The molecular formula is C12H22N2O2. The third-order valence-electron chi connectivity index (χ3n) is 2.93. The molecule has 0 amide bonds. The molecule has 4 nitrogen and oxygen atoms in total. The van der Waals surface area contributed by atoms with E-state index in [4.69, 9.17) is 14.7 Å². The number of nitrogens with zero attached hydrogens (tertiary/aromatic N) is 2. The molecule has 92 valence electrons. The lowest BCUT2D eigenvalue weighted by molar-refractivity contribution is 0.0622. The smallest absolute Gasteiger partial charge is 0.0977 e. The molecule has 0 aromatic rings. The Hall–Kier alpha value is -0.630. The van der Waals surface area contributed by atoms with Crippen LogP contribution in [0.2, 0.25) is 0 Å². The zero-order chi connectivity index (χ0) is 11.6. The van der Waals surface area contributed by atoms with Gasteiger partial charge in [0.15, 0.2) is 0 Å². The average Bonchev–Trinajstić information content (AvgIpc) is 2.34. The van der Waals surface area contributed by atoms with Crippen LogP contribution >= 0.6 is 0 Å². The van der Waals surface area contributed by atoms with Gasteiger partial charge in [0.1, 0.15) is 0 Å². The fourth-order valence-corrected chi connectivity index (χ4v) is 2.02. The van der Waals surface area contributed by atoms with Crippen LogP contribution in [-0.4, -0.2) is 51.0 Å². The highest BCUT2D eigenvalue weighted by Crippen LogP contribution is 2.16. The van der Waals surface area contributed by atoms with Crippen molar-refractivity contribution >= 4 is 0 Å². The average molecular weight is 226 g/mol. The lowest BCUT2D eigenvalue weighted by atomic mass is 10.0. The predicted octanol–water partition coefficient (Wildman–Crippen LogP) is 1.42. The number of nitriles is 1. The van der Waals surface area contributed by atoms with E-state index in [-0.39, 0.29) is 6.04 Å². The first-order chi connectivity index (χ1) is 7.88. The van der Waals surface area contributed by atoms with Gasteiger partial charge in [0.25, 0.3) is 0 Å². The Bertz CT molecular complexity index is 216. The van der Waals surface area contributed by atoms with Crippen molar-refractivity contribution in [1.82, 2.24) is 4.90 Å². The second-order valence-corrected chi connectivity index (χ2v) is 4.14. The highest BCUT2D eigenvalue weighted by atomic mass is 16.5. The van der Waals surface area contributed by atoms with E-state index in [1.807, 2.05) is 0 Å². The molecule has 0 aromatic heterocycles. The van der Waals surface area contributed by atoms with Crippen LogP contribution < -0.4 is 0 Å². The molecule has 0 aliphatic carbocycles. The van der Waals surface area contributed by atoms with Gasteiger partial charge in [-0.3, -0.25) is 4.90 Å². The topological polar surface area (TPSA) is 45.5 Å². The number of methoxy groups -OCH3 is 1. The Balaban J connectivity index is 2.04. The third-order valence-corrected chi connectivity index (χ3v) is 2.93. The van der Waals surface area contributed by atoms with E-state index in [1.54, 1.807) is 7.11 Å². The largest absolute Gasteiger partial charge is 0.382 e. The van der Waals surface area contributed by atoms with E-state index >= 15 is 0 Å². The highest BCUT2D eigenvalue weighted by molar-refractivity contribution is 4.93. The van der Waals surface area contributed by atoms with Crippen LogP contribution in [0.4, 0.5) is 0 Å². The second kappa shape index (κ2) is 8.51. The molecule has 0 spiro atoms. The summed E-state index contributed by atoms with van der Waals surface area (Å²) in [5.74, 6) is 0. The Morgan fingerprint density at radius 1 is 1.31 bits per heavy atom. The van der Waals surface area contributed by atoms with Crippen LogP contribution in [0.25, 0.3) is 0 Å². The predicted molar refractivity (Wildman–Crippen MR) is 62.1 cm³/mol. The lowest BCUT2D eigenvalue weighted by Gasteiger charge is -2.31. The molecule has 4 heteroatoms. The molecule has 0 saturated carbocycles. The van der Waals surface area contributed by atoms with Crippen LogP contribution in [0.1, 0.15) is 25.7 Å². The number of likely N-dealkylation sites (tertiary alicyclic amines) is 1. The number of ether oxygens (including phenoxy) is 2. The minimum atomic E-state index is 0.132. The number of piperidine rings is 1. The van der Waals surface area contributed by atoms with Crippen molar-refractivity contribution in [2.75, 3.05) is 40.0 Å². The van der Waals surface area contributed by atoms with Crippen molar-refractivity contribution in [3.05, 3.63) is 0 Å². The van der Waals surface area contributed by atoms with Gasteiger partial charge in [-0.25, -0.2) is 0 Å². The van der Waals surface area contributed by atoms with Crippen molar-refractivity contribution in [1.29, 1.82) is 5.26 Å². The van der Waals surface area contributed by atoms with E-state index in [0.29, 0.717) is 13.2 Å². The summed E-state index contributed by atoms with van der Waals surface area (Å²) in [5, 5.41) is 8.99. The molecule has 1 unspecified atom stereocenters. The Kier molecular flexibility index (Phi) is 7.15. The number of rotatable bonds is 7. The van der Waals surface area contributed by atoms with Gasteiger partial charge in [-0.05, 0) is 32.2 Å². The summed E-state index contributed by atoms with van der Waals surface area (Å²) >= 11 is 0. The maximum atomic E-state index is 8.99. The minimum Gasteiger partial charge on any atom is -0.382 e. The van der Waals surface area contributed by atoms with Crippen LogP contribution in [0.5, 0.6) is 0 Å². The first-order valence-electron chi connectivity index (χ1n) is 6.09. The van der Waals surface area contributed by atoms with Crippen molar-refractivity contribution in [2.24, 2.45) is 0 Å². The molecule has 1 fully saturated rings. The monoisotopic (exact) mass is 226 g/mol. The van der Waals surface area contributed by atoms with Gasteiger partial charge >= 0.3 is 0 Å². The van der Waals surface area contributed by atoms with Crippen molar-refractivity contribution in [3.63, 3.8) is 0 Å². The molecule has 0 radical (unpaired) electrons. The fourth-order valence-electron chi connectivity index (χ4n) is 2.02. The first-order valence-corrected chi connectivity index (χ1v) is 6.09. The SMILES string of the molecule is COCCOCCCN1CCCCC1C#N. The lowest BCUT2D eigenvalue weighted by Crippen LogP contribution is -2.39. The van der Waals surface area contributed by atoms with Crippen LogP contribution in [0.15, 0.2) is 0 Å². The van der Waals surface area contributed by atoms with Crippen LogP contribution in [0, 0.1) is 11.3 Å². The third kappa shape index (κ3) is 4.93. The van der Waals surface area contributed by atoms with Crippen molar-refractivity contribution in [3.8, 4) is 6.07 Å². The Morgan fingerprint density at radius 3 is 2.94 bits per heavy atom. The van der Waals surface area contributed by atoms with Gasteiger partial charge in [0.2, 0.25) is 0 Å². The quantitative estimate of drug-likeness (QED) is 0.616. The molecule has 0 aromatic carbocycles. The standard InChI is InChI=1S/C12H22N2O2/c1-15-9-10-16-8-4-7-14-6-3-2-5-12(14)11-13/h12H,2-10H2,1H3. The van der Waals surface area contributed by atoms with Crippen molar-refractivity contribution < 1.29 is 9.47 Å². The Labute approximate surface area is 98.1 Å². The van der Waals surface area contributed by atoms with Gasteiger partial charge in [0.05, 0.1) is 25.3 Å². The van der Waals surface area contributed by atoms with E-state index in [9.17, 15) is 0 Å². The van der Waals surface area contributed by atoms with E-state index < -0.39 is 0 Å². The summed E-state index contributed by atoms with van der Waals surface area (Å²) in [4.78, 5) is 2.28. The van der Waals surface area contributed by atoms with Crippen molar-refractivity contribution in [2.45, 2.75) is 31.7 Å². The molecule has 0 bridgehead atoms. The van der Waals surface area contributed by atoms with E-state index in [1.165, 1.54) is 12.8 Å². The van der Waals surface area contributed by atoms with Gasteiger partial charge in [0, 0.05) is 20.3 Å². The summed E-state index contributed by atoms with van der Waals surface area (Å²) < 4.78 is 10.3. The molecule has 1 rings (SSSR count). The molecule has 0 N–H and O–H groups in total. The summed E-state index contributed by atoms with van der Waals surface area (Å²) in [7, 11) is 1.68. The summed E-state index contributed by atoms with van der Waals surface area (Å²) in [6.07, 6.45) is 4.45. The van der Waals surface area contributed by atoms with Gasteiger partial charge in [-0.2, -0.15) is 5.26 Å². The Morgan fingerprint density at radius 2 is 2.19 bits per heavy atom. The second-order valence-electron chi connectivity index (χ2n) is 4.14. The zero-order valence-electron chi connectivity index (χ0n) is 10.2.